The van der Waals surface area contributed by atoms with Crippen LogP contribution in [0.2, 0.25) is 0 Å². The van der Waals surface area contributed by atoms with Gasteiger partial charge in [-0.05, 0) is 24.6 Å². The van der Waals surface area contributed by atoms with E-state index in [1.54, 1.807) is 24.5 Å². The van der Waals surface area contributed by atoms with Crippen molar-refractivity contribution >= 4 is 23.2 Å². The van der Waals surface area contributed by atoms with E-state index >= 15 is 0 Å². The molecule has 0 radical (unpaired) electrons. The summed E-state index contributed by atoms with van der Waals surface area (Å²) < 4.78 is 5.97. The average molecular weight is 354 g/mol. The molecule has 0 spiro atoms. The van der Waals surface area contributed by atoms with E-state index in [0.717, 1.165) is 10.6 Å². The number of amides is 2. The molecule has 2 amide bonds. The van der Waals surface area contributed by atoms with Gasteiger partial charge in [-0.25, -0.2) is 14.8 Å². The number of anilines is 1. The number of carbonyl (C=O) groups is 1. The Morgan fingerprint density at radius 1 is 1.16 bits per heavy atom. The van der Waals surface area contributed by atoms with Gasteiger partial charge in [0.15, 0.2) is 11.6 Å². The van der Waals surface area contributed by atoms with E-state index in [9.17, 15) is 4.79 Å². The second-order valence-corrected chi connectivity index (χ2v) is 6.23. The molecule has 0 aliphatic heterocycles. The van der Waals surface area contributed by atoms with Crippen LogP contribution < -0.4 is 15.4 Å². The quantitative estimate of drug-likeness (QED) is 0.701. The molecule has 7 heteroatoms. The van der Waals surface area contributed by atoms with Gasteiger partial charge in [0.2, 0.25) is 0 Å². The van der Waals surface area contributed by atoms with E-state index in [1.807, 2.05) is 42.6 Å². The number of aromatic nitrogens is 2. The van der Waals surface area contributed by atoms with Crippen molar-refractivity contribution in [3.05, 3.63) is 70.8 Å². The normalized spacial score (nSPS) is 11.6. The zero-order chi connectivity index (χ0) is 17.5. The molecule has 0 saturated carbocycles. The molecule has 25 heavy (non-hydrogen) atoms. The number of nitrogens with zero attached hydrogens (tertiary/aromatic N) is 2. The van der Waals surface area contributed by atoms with Crippen molar-refractivity contribution in [3.8, 4) is 5.75 Å². The van der Waals surface area contributed by atoms with Crippen molar-refractivity contribution in [2.24, 2.45) is 0 Å². The standard InChI is InChI=1S/C18H18N4O2S/c1-13(14-6-3-2-4-7-14)24-15-8-5-9-20-17(15)22-18(23)21-12-16-19-10-11-25-16/h2-11,13H,12H2,1H3,(H2,20,21,22,23). The number of ether oxygens (including phenoxy) is 1. The van der Waals surface area contributed by atoms with Gasteiger partial charge in [0.25, 0.3) is 0 Å². The first-order valence-electron chi connectivity index (χ1n) is 7.82. The number of hydrogen-bond donors (Lipinski definition) is 2. The van der Waals surface area contributed by atoms with Crippen molar-refractivity contribution in [3.63, 3.8) is 0 Å². The van der Waals surface area contributed by atoms with E-state index in [2.05, 4.69) is 20.6 Å². The molecular formula is C18H18N4O2S. The van der Waals surface area contributed by atoms with Crippen LogP contribution in [0, 0.1) is 0 Å². The van der Waals surface area contributed by atoms with Crippen molar-refractivity contribution in [2.45, 2.75) is 19.6 Å². The van der Waals surface area contributed by atoms with Gasteiger partial charge in [0.1, 0.15) is 11.1 Å². The van der Waals surface area contributed by atoms with Gasteiger partial charge in [-0.2, -0.15) is 0 Å². The summed E-state index contributed by atoms with van der Waals surface area (Å²) in [6.45, 7) is 2.32. The molecule has 3 aromatic rings. The fraction of sp³-hybridized carbons (Fsp3) is 0.167. The van der Waals surface area contributed by atoms with Gasteiger partial charge in [0, 0.05) is 17.8 Å². The van der Waals surface area contributed by atoms with Crippen LogP contribution in [0.4, 0.5) is 10.6 Å². The monoisotopic (exact) mass is 354 g/mol. The zero-order valence-corrected chi connectivity index (χ0v) is 14.5. The summed E-state index contributed by atoms with van der Waals surface area (Å²) in [7, 11) is 0. The van der Waals surface area contributed by atoms with Crippen molar-refractivity contribution in [1.82, 2.24) is 15.3 Å². The van der Waals surface area contributed by atoms with E-state index in [4.69, 9.17) is 4.74 Å². The number of rotatable bonds is 6. The molecule has 6 nitrogen and oxygen atoms in total. The fourth-order valence-electron chi connectivity index (χ4n) is 2.21. The van der Waals surface area contributed by atoms with Gasteiger partial charge in [-0.15, -0.1) is 11.3 Å². The lowest BCUT2D eigenvalue weighted by Gasteiger charge is -2.17. The largest absolute Gasteiger partial charge is 0.482 e. The summed E-state index contributed by atoms with van der Waals surface area (Å²) in [4.78, 5) is 20.4. The SMILES string of the molecule is CC(Oc1cccnc1NC(=O)NCc1nccs1)c1ccccc1. The highest BCUT2D eigenvalue weighted by Gasteiger charge is 2.13. The van der Waals surface area contributed by atoms with Crippen LogP contribution >= 0.6 is 11.3 Å². The van der Waals surface area contributed by atoms with Crippen LogP contribution in [-0.4, -0.2) is 16.0 Å². The first kappa shape index (κ1) is 16.9. The van der Waals surface area contributed by atoms with Crippen LogP contribution in [0.25, 0.3) is 0 Å². The predicted molar refractivity (Wildman–Crippen MR) is 97.7 cm³/mol. The first-order valence-corrected chi connectivity index (χ1v) is 8.70. The highest BCUT2D eigenvalue weighted by Crippen LogP contribution is 2.27. The minimum absolute atomic E-state index is 0.163. The first-order chi connectivity index (χ1) is 12.2. The minimum Gasteiger partial charge on any atom is -0.482 e. The molecule has 0 aliphatic carbocycles. The minimum atomic E-state index is -0.355. The topological polar surface area (TPSA) is 76.1 Å². The van der Waals surface area contributed by atoms with Gasteiger partial charge < -0.3 is 10.1 Å². The molecule has 0 aliphatic rings. The predicted octanol–water partition coefficient (Wildman–Crippen LogP) is 4.00. The van der Waals surface area contributed by atoms with Gasteiger partial charge in [0.05, 0.1) is 6.54 Å². The maximum absolute atomic E-state index is 12.1. The molecule has 2 aromatic heterocycles. The smallest absolute Gasteiger partial charge is 0.320 e. The maximum Gasteiger partial charge on any atom is 0.320 e. The molecule has 1 aromatic carbocycles. The summed E-state index contributed by atoms with van der Waals surface area (Å²) in [5.74, 6) is 0.894. The molecule has 1 unspecified atom stereocenters. The number of benzene rings is 1. The summed E-state index contributed by atoms with van der Waals surface area (Å²) in [6, 6.07) is 13.1. The second-order valence-electron chi connectivity index (χ2n) is 5.25. The molecule has 1 atom stereocenters. The zero-order valence-electron chi connectivity index (χ0n) is 13.7. The Bertz CT molecular complexity index is 809. The summed E-state index contributed by atoms with van der Waals surface area (Å²) in [6.07, 6.45) is 3.15. The summed E-state index contributed by atoms with van der Waals surface area (Å²) >= 11 is 1.49. The number of thiazole rings is 1. The third-order valence-corrected chi connectivity index (χ3v) is 4.24. The molecule has 128 valence electrons. The Morgan fingerprint density at radius 2 is 2.00 bits per heavy atom. The van der Waals surface area contributed by atoms with Crippen molar-refractivity contribution < 1.29 is 9.53 Å². The lowest BCUT2D eigenvalue weighted by molar-refractivity contribution is 0.226. The summed E-state index contributed by atoms with van der Waals surface area (Å²) in [5, 5.41) is 8.17. The van der Waals surface area contributed by atoms with E-state index in [1.165, 1.54) is 11.3 Å². The van der Waals surface area contributed by atoms with Crippen LogP contribution in [0.3, 0.4) is 0 Å². The molecule has 3 rings (SSSR count). The van der Waals surface area contributed by atoms with Gasteiger partial charge in [-0.1, -0.05) is 30.3 Å². The van der Waals surface area contributed by atoms with Gasteiger partial charge >= 0.3 is 6.03 Å². The Hall–Kier alpha value is -2.93. The second kappa shape index (κ2) is 8.25. The third kappa shape index (κ3) is 4.77. The van der Waals surface area contributed by atoms with E-state index in [-0.39, 0.29) is 12.1 Å². The Morgan fingerprint density at radius 3 is 2.76 bits per heavy atom. The molecular weight excluding hydrogens is 336 g/mol. The van der Waals surface area contributed by atoms with Crippen molar-refractivity contribution in [2.75, 3.05) is 5.32 Å². The number of carbonyl (C=O) groups excluding carboxylic acids is 1. The molecule has 0 fully saturated rings. The molecule has 0 bridgehead atoms. The maximum atomic E-state index is 12.1. The Kier molecular flexibility index (Phi) is 5.58. The summed E-state index contributed by atoms with van der Waals surface area (Å²) in [5.41, 5.74) is 1.05. The Labute approximate surface area is 149 Å². The van der Waals surface area contributed by atoms with E-state index in [0.29, 0.717) is 18.1 Å². The van der Waals surface area contributed by atoms with Crippen molar-refractivity contribution in [1.29, 1.82) is 0 Å². The van der Waals surface area contributed by atoms with Gasteiger partial charge in [-0.3, -0.25) is 5.32 Å². The molecule has 2 heterocycles. The number of nitrogens with one attached hydrogen (secondary N) is 2. The highest BCUT2D eigenvalue weighted by atomic mass is 32.1. The van der Waals surface area contributed by atoms with Crippen LogP contribution in [0.5, 0.6) is 5.75 Å². The third-order valence-electron chi connectivity index (χ3n) is 3.46. The molecule has 2 N–H and O–H groups in total. The lowest BCUT2D eigenvalue weighted by Crippen LogP contribution is -2.28. The number of urea groups is 1. The van der Waals surface area contributed by atoms with E-state index < -0.39 is 0 Å². The average Bonchev–Trinajstić information content (AvgIpc) is 3.16. The van der Waals surface area contributed by atoms with Crippen LogP contribution in [0.15, 0.2) is 60.2 Å². The van der Waals surface area contributed by atoms with Crippen LogP contribution in [-0.2, 0) is 6.54 Å². The number of hydrogen-bond acceptors (Lipinski definition) is 5. The lowest BCUT2D eigenvalue weighted by atomic mass is 10.1. The van der Waals surface area contributed by atoms with Crippen LogP contribution in [0.1, 0.15) is 23.6 Å². The highest BCUT2D eigenvalue weighted by molar-refractivity contribution is 7.09. The fourth-order valence-corrected chi connectivity index (χ4v) is 2.77. The number of pyridine rings is 1. The molecule has 0 saturated heterocycles. The Balaban J connectivity index is 1.63.